The van der Waals surface area contributed by atoms with Gasteiger partial charge in [-0.3, -0.25) is 0 Å². The molecule has 1 aliphatic rings. The Morgan fingerprint density at radius 2 is 2.54 bits per heavy atom. The Morgan fingerprint density at radius 3 is 3.15 bits per heavy atom. The van der Waals surface area contributed by atoms with Gasteiger partial charge < -0.3 is 14.7 Å². The Kier molecular flexibility index (Phi) is 4.38. The average molecular weight is 205 g/mol. The minimum atomic E-state index is -0.836. The molecule has 0 saturated carbocycles. The van der Waals surface area contributed by atoms with Gasteiger partial charge in [-0.25, -0.2) is 4.79 Å². The molecule has 5 heteroatoms. The Balaban J connectivity index is 2.44. The van der Waals surface area contributed by atoms with Crippen LogP contribution in [-0.2, 0) is 4.74 Å². The number of rotatable bonds is 2. The number of thioether (sulfide) groups is 1. The van der Waals surface area contributed by atoms with E-state index in [0.29, 0.717) is 19.7 Å². The van der Waals surface area contributed by atoms with Crippen molar-refractivity contribution in [2.24, 2.45) is 0 Å². The number of ether oxygens (including phenoxy) is 1. The average Bonchev–Trinajstić information content (AvgIpc) is 2.30. The van der Waals surface area contributed by atoms with Crippen LogP contribution >= 0.6 is 11.8 Å². The van der Waals surface area contributed by atoms with Crippen LogP contribution in [0.15, 0.2) is 0 Å². The minimum Gasteiger partial charge on any atom is -0.465 e. The normalized spacial score (nSPS) is 24.1. The lowest BCUT2D eigenvalue weighted by Gasteiger charge is -2.20. The molecule has 4 nitrogen and oxygen atoms in total. The molecule has 1 saturated heterocycles. The summed E-state index contributed by atoms with van der Waals surface area (Å²) in [5.74, 6) is 0.865. The van der Waals surface area contributed by atoms with Gasteiger partial charge in [0.15, 0.2) is 0 Å². The van der Waals surface area contributed by atoms with Gasteiger partial charge in [0.2, 0.25) is 0 Å². The Bertz CT molecular complexity index is 177. The third-order valence-corrected chi connectivity index (χ3v) is 2.68. The van der Waals surface area contributed by atoms with Crippen molar-refractivity contribution in [1.29, 1.82) is 0 Å². The molecule has 1 unspecified atom stereocenters. The molecule has 1 aliphatic heterocycles. The van der Waals surface area contributed by atoms with Gasteiger partial charge >= 0.3 is 6.09 Å². The lowest BCUT2D eigenvalue weighted by Crippen LogP contribution is -2.36. The topological polar surface area (TPSA) is 49.8 Å². The predicted molar refractivity (Wildman–Crippen MR) is 52.3 cm³/mol. The second kappa shape index (κ2) is 5.34. The van der Waals surface area contributed by atoms with Gasteiger partial charge in [0, 0.05) is 18.9 Å². The lowest BCUT2D eigenvalue weighted by molar-refractivity contribution is 0.0695. The van der Waals surface area contributed by atoms with E-state index in [-0.39, 0.29) is 6.10 Å². The number of carboxylic acid groups (broad SMARTS) is 1. The van der Waals surface area contributed by atoms with Crippen LogP contribution in [0.5, 0.6) is 0 Å². The molecule has 0 aromatic heterocycles. The first-order valence-corrected chi connectivity index (χ1v) is 5.72. The van der Waals surface area contributed by atoms with E-state index in [1.54, 1.807) is 11.8 Å². The summed E-state index contributed by atoms with van der Waals surface area (Å²) in [6.45, 7) is 1.78. The van der Waals surface area contributed by atoms with Gasteiger partial charge in [-0.2, -0.15) is 11.8 Å². The fraction of sp³-hybridized carbons (Fsp3) is 0.875. The molecule has 13 heavy (non-hydrogen) atoms. The summed E-state index contributed by atoms with van der Waals surface area (Å²) in [4.78, 5) is 12.2. The predicted octanol–water partition coefficient (Wildman–Crippen LogP) is 1.12. The zero-order valence-corrected chi connectivity index (χ0v) is 8.55. The number of carbonyl (C=O) groups is 1. The third-order valence-electron chi connectivity index (χ3n) is 1.97. The van der Waals surface area contributed by atoms with E-state index in [9.17, 15) is 4.79 Å². The first-order chi connectivity index (χ1) is 6.24. The van der Waals surface area contributed by atoms with Crippen LogP contribution in [0.2, 0.25) is 0 Å². The molecule has 0 radical (unpaired) electrons. The van der Waals surface area contributed by atoms with Gasteiger partial charge in [0.1, 0.15) is 0 Å². The van der Waals surface area contributed by atoms with Crippen molar-refractivity contribution < 1.29 is 14.6 Å². The summed E-state index contributed by atoms with van der Waals surface area (Å²) < 4.78 is 5.50. The van der Waals surface area contributed by atoms with Crippen molar-refractivity contribution in [2.75, 3.05) is 31.7 Å². The SMILES string of the molecule is CSCC1CN(C(=O)O)CCCO1. The molecule has 1 fully saturated rings. The number of amides is 1. The van der Waals surface area contributed by atoms with Crippen LogP contribution in [0.25, 0.3) is 0 Å². The second-order valence-corrected chi connectivity index (χ2v) is 3.94. The van der Waals surface area contributed by atoms with Crippen molar-refractivity contribution in [3.8, 4) is 0 Å². The molecule has 0 aromatic carbocycles. The van der Waals surface area contributed by atoms with Crippen LogP contribution in [0, 0.1) is 0 Å². The summed E-state index contributed by atoms with van der Waals surface area (Å²) in [5.41, 5.74) is 0. The Hall–Kier alpha value is -0.420. The highest BCUT2D eigenvalue weighted by Crippen LogP contribution is 2.09. The van der Waals surface area contributed by atoms with Crippen LogP contribution in [0.3, 0.4) is 0 Å². The maximum Gasteiger partial charge on any atom is 0.407 e. The van der Waals surface area contributed by atoms with E-state index in [1.807, 2.05) is 6.26 Å². The highest BCUT2D eigenvalue weighted by Gasteiger charge is 2.21. The maximum atomic E-state index is 10.7. The van der Waals surface area contributed by atoms with Gasteiger partial charge in [-0.05, 0) is 12.7 Å². The Labute approximate surface area is 82.2 Å². The van der Waals surface area contributed by atoms with Crippen LogP contribution in [0.1, 0.15) is 6.42 Å². The second-order valence-electron chi connectivity index (χ2n) is 3.03. The molecule has 1 heterocycles. The molecule has 1 atom stereocenters. The Morgan fingerprint density at radius 1 is 1.77 bits per heavy atom. The van der Waals surface area contributed by atoms with E-state index < -0.39 is 6.09 Å². The summed E-state index contributed by atoms with van der Waals surface area (Å²) >= 11 is 1.69. The zero-order chi connectivity index (χ0) is 9.68. The summed E-state index contributed by atoms with van der Waals surface area (Å²) in [6.07, 6.45) is 2.03. The first kappa shape index (κ1) is 10.7. The van der Waals surface area contributed by atoms with Gasteiger partial charge in [-0.15, -0.1) is 0 Å². The highest BCUT2D eigenvalue weighted by molar-refractivity contribution is 7.98. The third kappa shape index (κ3) is 3.44. The van der Waals surface area contributed by atoms with Crippen molar-refractivity contribution >= 4 is 17.9 Å². The number of hydrogen-bond acceptors (Lipinski definition) is 3. The molecule has 0 aliphatic carbocycles. The fourth-order valence-corrected chi connectivity index (χ4v) is 1.93. The summed E-state index contributed by atoms with van der Waals surface area (Å²) in [6, 6.07) is 0. The lowest BCUT2D eigenvalue weighted by atomic mass is 10.3. The van der Waals surface area contributed by atoms with Crippen LogP contribution < -0.4 is 0 Å². The summed E-state index contributed by atoms with van der Waals surface area (Å²) in [5, 5.41) is 8.81. The molecular weight excluding hydrogens is 190 g/mol. The molecule has 1 rings (SSSR count). The molecule has 1 amide bonds. The van der Waals surface area contributed by atoms with Gasteiger partial charge in [0.05, 0.1) is 12.6 Å². The van der Waals surface area contributed by atoms with E-state index in [0.717, 1.165) is 12.2 Å². The standard InChI is InChI=1S/C8H15NO3S/c1-13-6-7-5-9(8(10)11)3-2-4-12-7/h7H,2-6H2,1H3,(H,10,11). The van der Waals surface area contributed by atoms with Crippen molar-refractivity contribution in [2.45, 2.75) is 12.5 Å². The van der Waals surface area contributed by atoms with Crippen molar-refractivity contribution in [1.82, 2.24) is 4.90 Å². The number of hydrogen-bond donors (Lipinski definition) is 1. The molecule has 1 N–H and O–H groups in total. The van der Waals surface area contributed by atoms with Crippen LogP contribution in [-0.4, -0.2) is 53.9 Å². The highest BCUT2D eigenvalue weighted by atomic mass is 32.2. The maximum absolute atomic E-state index is 10.7. The molecular formula is C8H15NO3S. The molecule has 0 bridgehead atoms. The van der Waals surface area contributed by atoms with Crippen molar-refractivity contribution in [3.63, 3.8) is 0 Å². The van der Waals surface area contributed by atoms with E-state index in [4.69, 9.17) is 9.84 Å². The zero-order valence-electron chi connectivity index (χ0n) is 7.73. The quantitative estimate of drug-likeness (QED) is 0.734. The monoisotopic (exact) mass is 205 g/mol. The fourth-order valence-electron chi connectivity index (χ4n) is 1.36. The number of nitrogens with zero attached hydrogens (tertiary/aromatic N) is 1. The van der Waals surface area contributed by atoms with Crippen molar-refractivity contribution in [3.05, 3.63) is 0 Å². The van der Waals surface area contributed by atoms with Gasteiger partial charge in [0.25, 0.3) is 0 Å². The van der Waals surface area contributed by atoms with E-state index in [2.05, 4.69) is 0 Å². The molecule has 76 valence electrons. The first-order valence-electron chi connectivity index (χ1n) is 4.32. The molecule has 0 aromatic rings. The van der Waals surface area contributed by atoms with Gasteiger partial charge in [-0.1, -0.05) is 0 Å². The van der Waals surface area contributed by atoms with Crippen LogP contribution in [0.4, 0.5) is 4.79 Å². The minimum absolute atomic E-state index is 0.0635. The van der Waals surface area contributed by atoms with E-state index in [1.165, 1.54) is 4.90 Å². The largest absolute Gasteiger partial charge is 0.465 e. The van der Waals surface area contributed by atoms with E-state index >= 15 is 0 Å². The molecule has 0 spiro atoms. The smallest absolute Gasteiger partial charge is 0.407 e. The summed E-state index contributed by atoms with van der Waals surface area (Å²) in [7, 11) is 0.